The molecule has 0 spiro atoms. The molecule has 1 amide bonds. The summed E-state index contributed by atoms with van der Waals surface area (Å²) in [6, 6.07) is 13.7. The second kappa shape index (κ2) is 11.0. The van der Waals surface area contributed by atoms with Gasteiger partial charge < -0.3 is 10.1 Å². The van der Waals surface area contributed by atoms with Crippen LogP contribution < -0.4 is 10.1 Å². The molecule has 1 saturated carbocycles. The molecule has 1 N–H and O–H groups in total. The number of amides is 1. The third kappa shape index (κ3) is 6.45. The number of ether oxygens (including phenoxy) is 1. The summed E-state index contributed by atoms with van der Waals surface area (Å²) < 4.78 is 33.6. The normalized spacial score (nSPS) is 15.5. The van der Waals surface area contributed by atoms with Crippen molar-refractivity contribution in [2.75, 3.05) is 13.7 Å². The molecule has 0 radical (unpaired) electrons. The maximum atomic E-state index is 13.6. The zero-order valence-corrected chi connectivity index (χ0v) is 19.3. The van der Waals surface area contributed by atoms with Crippen molar-refractivity contribution in [1.82, 2.24) is 9.62 Å². The van der Waals surface area contributed by atoms with Crippen LogP contribution in [0.5, 0.6) is 5.75 Å². The van der Waals surface area contributed by atoms with E-state index in [2.05, 4.69) is 5.32 Å². The van der Waals surface area contributed by atoms with Crippen LogP contribution in [0.2, 0.25) is 5.02 Å². The molecular formula is C23H29ClN2O4S. The lowest BCUT2D eigenvalue weighted by atomic mass is 10.1. The SMILES string of the molecule is COc1ccc(Cl)cc1S(=O)(=O)N(CC(=O)NC1CCCCCC1)Cc1ccccc1. The molecule has 6 nitrogen and oxygen atoms in total. The average molecular weight is 465 g/mol. The van der Waals surface area contributed by atoms with E-state index in [1.165, 1.54) is 36.4 Å². The Morgan fingerprint density at radius 2 is 1.77 bits per heavy atom. The molecule has 0 heterocycles. The van der Waals surface area contributed by atoms with E-state index in [0.29, 0.717) is 0 Å². The first-order chi connectivity index (χ1) is 14.9. The summed E-state index contributed by atoms with van der Waals surface area (Å²) in [5, 5.41) is 3.32. The average Bonchev–Trinajstić information content (AvgIpc) is 3.02. The molecule has 1 aliphatic rings. The summed E-state index contributed by atoms with van der Waals surface area (Å²) in [7, 11) is -2.64. The lowest BCUT2D eigenvalue weighted by molar-refractivity contribution is -0.122. The fraction of sp³-hybridized carbons (Fsp3) is 0.435. The van der Waals surface area contributed by atoms with Crippen molar-refractivity contribution in [3.63, 3.8) is 0 Å². The fourth-order valence-corrected chi connectivity index (χ4v) is 5.66. The number of carbonyl (C=O) groups is 1. The lowest BCUT2D eigenvalue weighted by Gasteiger charge is -2.24. The van der Waals surface area contributed by atoms with E-state index < -0.39 is 10.0 Å². The number of hydrogen-bond donors (Lipinski definition) is 1. The van der Waals surface area contributed by atoms with Gasteiger partial charge in [-0.25, -0.2) is 8.42 Å². The number of nitrogens with one attached hydrogen (secondary N) is 1. The molecule has 8 heteroatoms. The minimum Gasteiger partial charge on any atom is -0.495 e. The summed E-state index contributed by atoms with van der Waals surface area (Å²) >= 11 is 6.08. The molecule has 1 fully saturated rings. The van der Waals surface area contributed by atoms with Crippen LogP contribution in [0.4, 0.5) is 0 Å². The van der Waals surface area contributed by atoms with Crippen molar-refractivity contribution in [3.05, 3.63) is 59.1 Å². The molecular weight excluding hydrogens is 436 g/mol. The van der Waals surface area contributed by atoms with Crippen LogP contribution in [0.1, 0.15) is 44.1 Å². The Morgan fingerprint density at radius 3 is 2.42 bits per heavy atom. The number of sulfonamides is 1. The Balaban J connectivity index is 1.87. The second-order valence-corrected chi connectivity index (χ2v) is 10.2. The van der Waals surface area contributed by atoms with Crippen molar-refractivity contribution < 1.29 is 17.9 Å². The number of rotatable bonds is 8. The first-order valence-corrected chi connectivity index (χ1v) is 12.4. The highest BCUT2D eigenvalue weighted by Crippen LogP contribution is 2.30. The minimum absolute atomic E-state index is 0.0549. The van der Waals surface area contributed by atoms with Gasteiger partial charge in [0.2, 0.25) is 15.9 Å². The Hall–Kier alpha value is -2.09. The smallest absolute Gasteiger partial charge is 0.247 e. The van der Waals surface area contributed by atoms with Gasteiger partial charge in [-0.3, -0.25) is 4.79 Å². The third-order valence-electron chi connectivity index (χ3n) is 5.49. The third-order valence-corrected chi connectivity index (χ3v) is 7.53. The maximum Gasteiger partial charge on any atom is 0.247 e. The minimum atomic E-state index is -4.04. The molecule has 0 aromatic heterocycles. The molecule has 3 rings (SSSR count). The van der Waals surface area contributed by atoms with Gasteiger partial charge in [0.15, 0.2) is 0 Å². The molecule has 1 aliphatic carbocycles. The van der Waals surface area contributed by atoms with Crippen molar-refractivity contribution in [2.45, 2.75) is 56.0 Å². The largest absolute Gasteiger partial charge is 0.495 e. The summed E-state index contributed by atoms with van der Waals surface area (Å²) in [5.74, 6) is -0.112. The highest BCUT2D eigenvalue weighted by molar-refractivity contribution is 7.89. The van der Waals surface area contributed by atoms with Crippen molar-refractivity contribution in [1.29, 1.82) is 0 Å². The highest BCUT2D eigenvalue weighted by Gasteiger charge is 2.30. The number of benzene rings is 2. The molecule has 2 aromatic carbocycles. The van der Waals surface area contributed by atoms with Crippen LogP contribution >= 0.6 is 11.6 Å². The molecule has 0 atom stereocenters. The summed E-state index contributed by atoms with van der Waals surface area (Å²) in [4.78, 5) is 12.8. The van der Waals surface area contributed by atoms with Gasteiger partial charge >= 0.3 is 0 Å². The van der Waals surface area contributed by atoms with Gasteiger partial charge in [0.25, 0.3) is 0 Å². The number of halogens is 1. The van der Waals surface area contributed by atoms with Gasteiger partial charge in [0.1, 0.15) is 10.6 Å². The van der Waals surface area contributed by atoms with Gasteiger partial charge in [0, 0.05) is 17.6 Å². The predicted octanol–water partition coefficient (Wildman–Crippen LogP) is 4.38. The Bertz CT molecular complexity index is 974. The zero-order chi connectivity index (χ0) is 22.3. The van der Waals surface area contributed by atoms with Crippen LogP contribution in [0.25, 0.3) is 0 Å². The molecule has 2 aromatic rings. The van der Waals surface area contributed by atoms with E-state index in [4.69, 9.17) is 16.3 Å². The standard InChI is InChI=1S/C23H29ClN2O4S/c1-30-21-14-13-19(24)15-22(21)31(28,29)26(16-18-9-5-4-6-10-18)17-23(27)25-20-11-7-2-3-8-12-20/h4-6,9-10,13-15,20H,2-3,7-8,11-12,16-17H2,1H3,(H,25,27). The Morgan fingerprint density at radius 1 is 1.10 bits per heavy atom. The van der Waals surface area contributed by atoms with Crippen LogP contribution in [0, 0.1) is 0 Å². The molecule has 0 saturated heterocycles. The van der Waals surface area contributed by atoms with Crippen molar-refractivity contribution in [3.8, 4) is 5.75 Å². The lowest BCUT2D eigenvalue weighted by Crippen LogP contribution is -2.43. The quantitative estimate of drug-likeness (QED) is 0.588. The molecule has 168 valence electrons. The van der Waals surface area contributed by atoms with Gasteiger partial charge in [-0.05, 0) is 36.6 Å². The first kappa shape index (κ1) is 23.6. The second-order valence-electron chi connectivity index (χ2n) is 7.81. The predicted molar refractivity (Wildman–Crippen MR) is 122 cm³/mol. The Kier molecular flexibility index (Phi) is 8.35. The van der Waals surface area contributed by atoms with Crippen LogP contribution in [-0.2, 0) is 21.4 Å². The summed E-state index contributed by atoms with van der Waals surface area (Å²) in [6.45, 7) is -0.208. The summed E-state index contributed by atoms with van der Waals surface area (Å²) in [6.07, 6.45) is 6.37. The van der Waals surface area contributed by atoms with E-state index >= 15 is 0 Å². The Labute approximate surface area is 189 Å². The van der Waals surface area contributed by atoms with Gasteiger partial charge in [0.05, 0.1) is 13.7 Å². The molecule has 0 aliphatic heterocycles. The van der Waals surface area contributed by atoms with Crippen LogP contribution in [-0.4, -0.2) is 38.3 Å². The van der Waals surface area contributed by atoms with Gasteiger partial charge in [-0.2, -0.15) is 4.31 Å². The van der Waals surface area contributed by atoms with Crippen LogP contribution in [0.15, 0.2) is 53.4 Å². The van der Waals surface area contributed by atoms with E-state index in [0.717, 1.165) is 31.2 Å². The van der Waals surface area contributed by atoms with Crippen LogP contribution in [0.3, 0.4) is 0 Å². The zero-order valence-electron chi connectivity index (χ0n) is 17.7. The van der Waals surface area contributed by atoms with E-state index in [1.54, 1.807) is 6.07 Å². The number of carbonyl (C=O) groups excluding carboxylic acids is 1. The number of methoxy groups -OCH3 is 1. The van der Waals surface area contributed by atoms with Gasteiger partial charge in [-0.15, -0.1) is 0 Å². The summed E-state index contributed by atoms with van der Waals surface area (Å²) in [5.41, 5.74) is 0.786. The monoisotopic (exact) mass is 464 g/mol. The maximum absolute atomic E-state index is 13.6. The molecule has 31 heavy (non-hydrogen) atoms. The van der Waals surface area contributed by atoms with E-state index in [1.807, 2.05) is 30.3 Å². The van der Waals surface area contributed by atoms with E-state index in [-0.39, 0.29) is 40.7 Å². The topological polar surface area (TPSA) is 75.7 Å². The fourth-order valence-electron chi connectivity index (χ4n) is 3.86. The highest BCUT2D eigenvalue weighted by atomic mass is 35.5. The molecule has 0 unspecified atom stereocenters. The van der Waals surface area contributed by atoms with E-state index in [9.17, 15) is 13.2 Å². The van der Waals surface area contributed by atoms with Crippen molar-refractivity contribution >= 4 is 27.5 Å². The molecule has 0 bridgehead atoms. The van der Waals surface area contributed by atoms with Crippen molar-refractivity contribution in [2.24, 2.45) is 0 Å². The number of nitrogens with zero attached hydrogens (tertiary/aromatic N) is 1. The first-order valence-electron chi connectivity index (χ1n) is 10.6. The number of hydrogen-bond acceptors (Lipinski definition) is 4. The van der Waals surface area contributed by atoms with Gasteiger partial charge in [-0.1, -0.05) is 67.6 Å².